The van der Waals surface area contributed by atoms with Crippen LogP contribution in [0.3, 0.4) is 0 Å². The highest BCUT2D eigenvalue weighted by Gasteiger charge is 2.19. The number of ether oxygens (including phenoxy) is 1. The molecule has 0 aliphatic heterocycles. The van der Waals surface area contributed by atoms with Gasteiger partial charge in [0, 0.05) is 17.8 Å². The van der Waals surface area contributed by atoms with Crippen molar-refractivity contribution < 1.29 is 9.53 Å². The number of hydrogen-bond donors (Lipinski definition) is 2. The molecule has 0 saturated carbocycles. The molecule has 0 fully saturated rings. The van der Waals surface area contributed by atoms with Crippen LogP contribution in [0.25, 0.3) is 22.3 Å². The summed E-state index contributed by atoms with van der Waals surface area (Å²) < 4.78 is 7.32. The molecule has 5 aromatic rings. The molecule has 0 aliphatic rings. The Labute approximate surface area is 200 Å². The van der Waals surface area contributed by atoms with Crippen molar-refractivity contribution in [1.82, 2.24) is 29.7 Å². The van der Waals surface area contributed by atoms with Crippen molar-refractivity contribution in [2.75, 3.05) is 11.1 Å². The third-order valence-electron chi connectivity index (χ3n) is 5.26. The lowest BCUT2D eigenvalue weighted by molar-refractivity contribution is 0.0464. The Balaban J connectivity index is 1.42. The van der Waals surface area contributed by atoms with Crippen molar-refractivity contribution in [3.8, 4) is 11.3 Å². The number of carbonyl (C=O) groups excluding carboxylic acids is 1. The summed E-state index contributed by atoms with van der Waals surface area (Å²) in [5, 5.41) is 8.03. The number of hydrogen-bond acceptors (Lipinski definition) is 9. The predicted octanol–water partition coefficient (Wildman–Crippen LogP) is 3.99. The number of para-hydroxylation sites is 1. The zero-order valence-corrected chi connectivity index (χ0v) is 18.9. The Morgan fingerprint density at radius 2 is 1.74 bits per heavy atom. The summed E-state index contributed by atoms with van der Waals surface area (Å²) in [7, 11) is 0. The fraction of sp³-hybridized carbons (Fsp3) is 0.120. The van der Waals surface area contributed by atoms with Crippen LogP contribution in [-0.2, 0) is 17.9 Å². The second-order valence-electron chi connectivity index (χ2n) is 7.62. The van der Waals surface area contributed by atoms with Gasteiger partial charge >= 0.3 is 5.97 Å². The third-order valence-corrected chi connectivity index (χ3v) is 5.26. The molecule has 3 heterocycles. The van der Waals surface area contributed by atoms with E-state index in [0.29, 0.717) is 28.8 Å². The van der Waals surface area contributed by atoms with Gasteiger partial charge in [-0.25, -0.2) is 14.5 Å². The molecule has 0 unspecified atom stereocenters. The second kappa shape index (κ2) is 9.56. The van der Waals surface area contributed by atoms with Crippen molar-refractivity contribution in [2.24, 2.45) is 0 Å². The van der Waals surface area contributed by atoms with Crippen molar-refractivity contribution in [1.29, 1.82) is 0 Å². The molecule has 0 amide bonds. The topological polar surface area (TPSA) is 134 Å². The number of benzene rings is 2. The highest BCUT2D eigenvalue weighted by atomic mass is 16.5. The number of nitrogens with zero attached hydrogens (tertiary/aromatic N) is 6. The average Bonchev–Trinajstić information content (AvgIpc) is 3.30. The zero-order chi connectivity index (χ0) is 24.2. The number of pyridine rings is 1. The number of nitrogen functional groups attached to an aromatic ring is 1. The van der Waals surface area contributed by atoms with E-state index in [2.05, 4.69) is 25.4 Å². The van der Waals surface area contributed by atoms with E-state index in [1.165, 1.54) is 0 Å². The van der Waals surface area contributed by atoms with Crippen LogP contribution < -0.4 is 11.1 Å². The van der Waals surface area contributed by atoms with Gasteiger partial charge in [-0.1, -0.05) is 48.5 Å². The number of carbonyl (C=O) groups is 1. The Bertz CT molecular complexity index is 1490. The lowest BCUT2D eigenvalue weighted by atomic mass is 10.1. The lowest BCUT2D eigenvalue weighted by Crippen LogP contribution is -2.12. The summed E-state index contributed by atoms with van der Waals surface area (Å²) in [5.41, 5.74) is 9.14. The highest BCUT2D eigenvalue weighted by Crippen LogP contribution is 2.26. The minimum atomic E-state index is -0.540. The van der Waals surface area contributed by atoms with Crippen LogP contribution in [0.1, 0.15) is 23.1 Å². The van der Waals surface area contributed by atoms with Crippen LogP contribution >= 0.6 is 0 Å². The van der Waals surface area contributed by atoms with Gasteiger partial charge in [-0.2, -0.15) is 20.1 Å². The first kappa shape index (κ1) is 22.0. The van der Waals surface area contributed by atoms with Crippen LogP contribution in [0.15, 0.2) is 72.9 Å². The summed E-state index contributed by atoms with van der Waals surface area (Å²) in [6, 6.07) is 20.8. The van der Waals surface area contributed by atoms with Gasteiger partial charge in [-0.05, 0) is 25.1 Å². The molecule has 174 valence electrons. The van der Waals surface area contributed by atoms with Crippen molar-refractivity contribution >= 4 is 34.6 Å². The van der Waals surface area contributed by atoms with Crippen LogP contribution in [0.4, 0.5) is 17.6 Å². The minimum Gasteiger partial charge on any atom is -0.454 e. The first-order chi connectivity index (χ1) is 17.1. The van der Waals surface area contributed by atoms with Crippen LogP contribution in [0.5, 0.6) is 0 Å². The number of fused-ring (bicyclic) bond motifs is 1. The van der Waals surface area contributed by atoms with E-state index in [9.17, 15) is 4.79 Å². The quantitative estimate of drug-likeness (QED) is 0.341. The zero-order valence-electron chi connectivity index (χ0n) is 18.9. The molecule has 10 heteroatoms. The summed E-state index contributed by atoms with van der Waals surface area (Å²) in [4.78, 5) is 30.4. The molecule has 3 aromatic heterocycles. The summed E-state index contributed by atoms with van der Waals surface area (Å²) in [6.45, 7) is 2.40. The fourth-order valence-electron chi connectivity index (χ4n) is 3.62. The monoisotopic (exact) mass is 466 g/mol. The Morgan fingerprint density at radius 3 is 2.49 bits per heavy atom. The molecule has 0 saturated heterocycles. The van der Waals surface area contributed by atoms with E-state index < -0.39 is 5.97 Å². The van der Waals surface area contributed by atoms with E-state index in [-0.39, 0.29) is 24.3 Å². The standard InChI is InChI=1S/C25H22N8O2/c1-2-33-22-19(14-27-33)18(13-20(29-22)16-9-5-3-6-10-16)23(34)35-15-21-30-24(26)32-25(31-21)28-17-11-7-4-8-12-17/h3-14H,2,15H2,1H3,(H3,26,28,30,31,32). The first-order valence-corrected chi connectivity index (χ1v) is 11.0. The molecule has 5 rings (SSSR count). The number of nitrogens with one attached hydrogen (secondary N) is 1. The largest absolute Gasteiger partial charge is 0.454 e. The molecule has 2 aromatic carbocycles. The smallest absolute Gasteiger partial charge is 0.339 e. The van der Waals surface area contributed by atoms with E-state index in [1.807, 2.05) is 67.6 Å². The van der Waals surface area contributed by atoms with Crippen molar-refractivity contribution in [3.63, 3.8) is 0 Å². The minimum absolute atomic E-state index is 0.0198. The second-order valence-corrected chi connectivity index (χ2v) is 7.62. The summed E-state index contributed by atoms with van der Waals surface area (Å²) in [6.07, 6.45) is 1.63. The maximum atomic E-state index is 13.2. The maximum absolute atomic E-state index is 13.2. The van der Waals surface area contributed by atoms with E-state index in [4.69, 9.17) is 15.5 Å². The maximum Gasteiger partial charge on any atom is 0.339 e. The van der Waals surface area contributed by atoms with Gasteiger partial charge in [0.2, 0.25) is 11.9 Å². The number of aromatic nitrogens is 6. The van der Waals surface area contributed by atoms with Gasteiger partial charge in [-0.15, -0.1) is 0 Å². The molecule has 0 aliphatic carbocycles. The van der Waals surface area contributed by atoms with Crippen molar-refractivity contribution in [2.45, 2.75) is 20.1 Å². The molecule has 3 N–H and O–H groups in total. The van der Waals surface area contributed by atoms with E-state index in [0.717, 1.165) is 11.3 Å². The normalized spacial score (nSPS) is 10.9. The van der Waals surface area contributed by atoms with Crippen LogP contribution in [0, 0.1) is 0 Å². The molecule has 0 spiro atoms. The Hall–Kier alpha value is -4.86. The SMILES string of the molecule is CCn1ncc2c(C(=O)OCc3nc(N)nc(Nc4ccccc4)n3)cc(-c3ccccc3)nc21. The van der Waals surface area contributed by atoms with E-state index >= 15 is 0 Å². The summed E-state index contributed by atoms with van der Waals surface area (Å²) >= 11 is 0. The Kier molecular flexibility index (Phi) is 6.00. The fourth-order valence-corrected chi connectivity index (χ4v) is 3.62. The van der Waals surface area contributed by atoms with Crippen LogP contribution in [-0.4, -0.2) is 35.7 Å². The Morgan fingerprint density at radius 1 is 1.00 bits per heavy atom. The molecule has 0 radical (unpaired) electrons. The van der Waals surface area contributed by atoms with Gasteiger partial charge in [0.1, 0.15) is 0 Å². The number of nitrogens with two attached hydrogens (primary N) is 1. The van der Waals surface area contributed by atoms with Gasteiger partial charge in [-0.3, -0.25) is 0 Å². The molecule has 0 bridgehead atoms. The molecular formula is C25H22N8O2. The number of anilines is 3. The van der Waals surface area contributed by atoms with Crippen LogP contribution in [0.2, 0.25) is 0 Å². The molecule has 0 atom stereocenters. The third kappa shape index (κ3) is 4.76. The summed E-state index contributed by atoms with van der Waals surface area (Å²) in [5.74, 6) is -0.0353. The number of esters is 1. The highest BCUT2D eigenvalue weighted by molar-refractivity contribution is 6.03. The number of aryl methyl sites for hydroxylation is 1. The van der Waals surface area contributed by atoms with Gasteiger partial charge in [0.25, 0.3) is 0 Å². The van der Waals surface area contributed by atoms with Gasteiger partial charge in [0.05, 0.1) is 22.8 Å². The van der Waals surface area contributed by atoms with Crippen molar-refractivity contribution in [3.05, 3.63) is 84.3 Å². The molecule has 10 nitrogen and oxygen atoms in total. The molecular weight excluding hydrogens is 444 g/mol. The number of rotatable bonds is 7. The van der Waals surface area contributed by atoms with E-state index in [1.54, 1.807) is 16.9 Å². The molecule has 35 heavy (non-hydrogen) atoms. The first-order valence-electron chi connectivity index (χ1n) is 11.0. The van der Waals surface area contributed by atoms with Gasteiger partial charge in [0.15, 0.2) is 18.1 Å². The van der Waals surface area contributed by atoms with Gasteiger partial charge < -0.3 is 15.8 Å². The predicted molar refractivity (Wildman–Crippen MR) is 132 cm³/mol. The lowest BCUT2D eigenvalue weighted by Gasteiger charge is -2.10. The average molecular weight is 467 g/mol.